The molecule has 0 aliphatic rings. The molecule has 0 fully saturated rings. The van der Waals surface area contributed by atoms with E-state index in [1.165, 1.54) is 80.6 Å². The second kappa shape index (κ2) is 55.1. The third-order valence-electron chi connectivity index (χ3n) is 13.2. The second-order valence-corrected chi connectivity index (χ2v) is 27.0. The average molecular weight is 1330 g/mol. The van der Waals surface area contributed by atoms with Crippen LogP contribution in [-0.2, 0) is 0 Å². The summed E-state index contributed by atoms with van der Waals surface area (Å²) in [6.45, 7) is 54.0. The molecule has 0 amide bonds. The minimum atomic E-state index is -5.24. The van der Waals surface area contributed by atoms with Gasteiger partial charge in [0.25, 0.3) is 0 Å². The minimum Gasteiger partial charge on any atom is -0.251 e. The van der Waals surface area contributed by atoms with Crippen LogP contribution in [0.2, 0.25) is 0 Å². The van der Waals surface area contributed by atoms with Gasteiger partial charge in [0, 0.05) is 23.7 Å². The van der Waals surface area contributed by atoms with Gasteiger partial charge in [-0.05, 0) is 80.0 Å². The summed E-state index contributed by atoms with van der Waals surface area (Å²) in [5.41, 5.74) is -4.24. The van der Waals surface area contributed by atoms with Gasteiger partial charge < -0.3 is 0 Å². The molecule has 0 aliphatic heterocycles. The van der Waals surface area contributed by atoms with Gasteiger partial charge in [-0.1, -0.05) is 265 Å². The van der Waals surface area contributed by atoms with Crippen LogP contribution >= 0.6 is 0 Å². The predicted octanol–water partition coefficient (Wildman–Crippen LogP) is 30.4. The molecule has 0 saturated heterocycles. The van der Waals surface area contributed by atoms with Crippen molar-refractivity contribution in [3.05, 3.63) is 0 Å². The van der Waals surface area contributed by atoms with Crippen LogP contribution < -0.4 is 0 Å². The smallest absolute Gasteiger partial charge is 0.251 e. The summed E-state index contributed by atoms with van der Waals surface area (Å²) in [7, 11) is 0. The van der Waals surface area contributed by atoms with Crippen molar-refractivity contribution in [1.82, 2.24) is 0 Å². The topological polar surface area (TPSA) is 0 Å². The van der Waals surface area contributed by atoms with E-state index in [9.17, 15) is 87.8 Å². The molecule has 0 radical (unpaired) electrons. The van der Waals surface area contributed by atoms with Crippen molar-refractivity contribution in [3.63, 3.8) is 0 Å². The molecule has 0 saturated carbocycles. The molecule has 20 heteroatoms. The largest absolute Gasteiger partial charge is 0.402 e. The molecule has 0 N–H and O–H groups in total. The maximum absolute atomic E-state index is 12.3. The van der Waals surface area contributed by atoms with Gasteiger partial charge in [-0.25, -0.2) is 17.6 Å². The molecular weight excluding hydrogens is 1180 g/mol. The molecule has 0 rings (SSSR count). The SMILES string of the molecule is CCC(C)(C(F)(F)F)C(F)(F)F.CCC(C)(C)C.CCC(C)(C)C(F)(F)F.CCC(F)(F)C(C)C.CCCC(C)(C)C.CCCC(C)C.CCCC(C)C(F)(F)F.CCCC(C)C(F)F.CCCC(C)CF.[2H]C([2H])(C)C(C)(C)C.[2H]C([2H])(C)CC(C)C(F)(F)F. The van der Waals surface area contributed by atoms with Crippen molar-refractivity contribution in [1.29, 1.82) is 0 Å². The fraction of sp³-hybridized carbons (Fsp3) is 1.00. The zero-order valence-corrected chi connectivity index (χ0v) is 60.4. The Kier molecular flexibility index (Phi) is 62.8. The molecule has 0 aromatic heterocycles. The van der Waals surface area contributed by atoms with Crippen LogP contribution in [0.1, 0.15) is 329 Å². The van der Waals surface area contributed by atoms with Gasteiger partial charge in [0.1, 0.15) is 0 Å². The lowest BCUT2D eigenvalue weighted by Gasteiger charge is -2.32. The molecule has 0 aromatic carbocycles. The van der Waals surface area contributed by atoms with Gasteiger partial charge >= 0.3 is 30.9 Å². The molecular formula is C67H136F20. The summed E-state index contributed by atoms with van der Waals surface area (Å²) in [6, 6.07) is 0. The highest BCUT2D eigenvalue weighted by atomic mass is 19.4. The molecule has 0 aliphatic carbocycles. The fourth-order valence-electron chi connectivity index (χ4n) is 4.67. The number of alkyl halides is 20. The van der Waals surface area contributed by atoms with Crippen molar-refractivity contribution in [2.45, 2.75) is 367 Å². The van der Waals surface area contributed by atoms with Gasteiger partial charge in [-0.15, -0.1) is 0 Å². The third kappa shape index (κ3) is 82.6. The summed E-state index contributed by atoms with van der Waals surface area (Å²) in [4.78, 5) is 0. The first-order chi connectivity index (χ1) is 39.6. The standard InChI is InChI=1S/C7H16.C6H8F6.3C6H11F3.2C6H12F2.C6H13F.3C6H14/c1-5-6-7(2,3)4;1-3-4(2,5(7,8)9)6(10,11)12;1-4-5(2,3)6(7,8)9;2*1-3-4-5(2)6(7,8)9;1-4-6(7,8)5(2)3;1-3-4-5(2)6(7)8;1-3-4-6(2)5-7;2*1-5-6(2,3)4;1-4-5-6(2)3/h5-6H2,1-4H3;3H2,1-2H3;4H2,1-3H3;2*5H,3-4H2,1-2H3;5H,4H2,1-3H3;5-6H,3-4H2,1-2H3;6H,3-5H2,1-2H3;2*5H2,1-4H3;6H,4-5H2,1-3H3/i;;;3D2;;;;;5D2;;. The summed E-state index contributed by atoms with van der Waals surface area (Å²) in [5.74, 6) is -4.92. The van der Waals surface area contributed by atoms with E-state index in [2.05, 4.69) is 83.1 Å². The molecule has 4 unspecified atom stereocenters. The average Bonchev–Trinajstić information content (AvgIpc) is 1.06. The van der Waals surface area contributed by atoms with Gasteiger partial charge in [-0.3, -0.25) is 4.39 Å². The van der Waals surface area contributed by atoms with Crippen LogP contribution in [0.25, 0.3) is 0 Å². The third-order valence-corrected chi connectivity index (χ3v) is 13.2. The molecule has 544 valence electrons. The summed E-state index contributed by atoms with van der Waals surface area (Å²) < 4.78 is 265. The maximum atomic E-state index is 12.3. The predicted molar refractivity (Wildman–Crippen MR) is 335 cm³/mol. The lowest BCUT2D eigenvalue weighted by molar-refractivity contribution is -0.335. The van der Waals surface area contributed by atoms with Crippen LogP contribution in [0.4, 0.5) is 87.8 Å². The lowest BCUT2D eigenvalue weighted by Crippen LogP contribution is -2.47. The van der Waals surface area contributed by atoms with Gasteiger partial charge in [0.2, 0.25) is 12.3 Å². The van der Waals surface area contributed by atoms with Gasteiger partial charge in [0.05, 0.1) is 23.9 Å². The monoisotopic (exact) mass is 1330 g/mol. The molecule has 0 bridgehead atoms. The van der Waals surface area contributed by atoms with Gasteiger partial charge in [0.15, 0.2) is 5.41 Å². The van der Waals surface area contributed by atoms with E-state index in [0.717, 1.165) is 46.0 Å². The number of hydrogen-bond acceptors (Lipinski definition) is 0. The van der Waals surface area contributed by atoms with Crippen molar-refractivity contribution < 1.29 is 93.3 Å². The summed E-state index contributed by atoms with van der Waals surface area (Å²) in [5, 5.41) is 0. The zero-order valence-electron chi connectivity index (χ0n) is 64.4. The van der Waals surface area contributed by atoms with E-state index in [1.54, 1.807) is 20.8 Å². The number of halogens is 20. The summed E-state index contributed by atoms with van der Waals surface area (Å²) in [6.07, 6.45) is -18.0. The van der Waals surface area contributed by atoms with E-state index in [4.69, 9.17) is 5.48 Å². The Morgan fingerprint density at radius 2 is 0.690 bits per heavy atom. The van der Waals surface area contributed by atoms with Crippen LogP contribution in [0, 0.1) is 62.6 Å². The minimum absolute atomic E-state index is 0.0509. The quantitative estimate of drug-likeness (QED) is 0.127. The Labute approximate surface area is 528 Å². The fourth-order valence-corrected chi connectivity index (χ4v) is 4.67. The summed E-state index contributed by atoms with van der Waals surface area (Å²) >= 11 is 0. The Morgan fingerprint density at radius 3 is 0.736 bits per heavy atom. The highest BCUT2D eigenvalue weighted by Crippen LogP contribution is 2.52. The normalized spacial score (nSPS) is 14.7. The molecule has 0 aromatic rings. The molecule has 0 nitrogen and oxygen atoms in total. The Balaban J connectivity index is -0.0000000865. The Bertz CT molecular complexity index is 1520. The first-order valence-corrected chi connectivity index (χ1v) is 31.2. The molecule has 0 spiro atoms. The number of rotatable bonds is 17. The van der Waals surface area contributed by atoms with E-state index in [-0.39, 0.29) is 44.2 Å². The first kappa shape index (κ1) is 99.2. The highest BCUT2D eigenvalue weighted by molar-refractivity contribution is 4.87. The van der Waals surface area contributed by atoms with Crippen LogP contribution in [0.3, 0.4) is 0 Å². The van der Waals surface area contributed by atoms with E-state index in [0.29, 0.717) is 23.7 Å². The van der Waals surface area contributed by atoms with E-state index < -0.39 is 103 Å². The Morgan fingerprint density at radius 1 is 0.368 bits per heavy atom. The molecule has 4 atom stereocenters. The van der Waals surface area contributed by atoms with Crippen molar-refractivity contribution in [2.24, 2.45) is 62.6 Å². The zero-order chi connectivity index (χ0) is 76.9. The first-order valence-electron chi connectivity index (χ1n) is 33.2. The Hall–Kier alpha value is -1.40. The lowest BCUT2D eigenvalue weighted by atomic mass is 9.86. The molecule has 0 heterocycles. The van der Waals surface area contributed by atoms with Gasteiger partial charge in [-0.2, -0.15) is 65.9 Å². The maximum Gasteiger partial charge on any atom is 0.402 e. The second-order valence-electron chi connectivity index (χ2n) is 27.0. The van der Waals surface area contributed by atoms with Crippen molar-refractivity contribution in [2.75, 3.05) is 6.67 Å². The van der Waals surface area contributed by atoms with Crippen molar-refractivity contribution in [3.8, 4) is 0 Å². The molecule has 87 heavy (non-hydrogen) atoms. The van der Waals surface area contributed by atoms with Crippen molar-refractivity contribution >= 4 is 0 Å². The number of hydrogen-bond donors (Lipinski definition) is 0. The van der Waals surface area contributed by atoms with Crippen LogP contribution in [0.5, 0.6) is 0 Å². The van der Waals surface area contributed by atoms with Crippen LogP contribution in [-0.4, -0.2) is 49.9 Å². The van der Waals surface area contributed by atoms with Crippen LogP contribution in [0.15, 0.2) is 0 Å². The van der Waals surface area contributed by atoms with E-state index >= 15 is 0 Å². The highest BCUT2D eigenvalue weighted by Gasteiger charge is 2.66. The van der Waals surface area contributed by atoms with E-state index in [1.807, 2.05) is 34.6 Å².